The van der Waals surface area contributed by atoms with Crippen molar-refractivity contribution >= 4 is 23.4 Å². The zero-order chi connectivity index (χ0) is 29.0. The van der Waals surface area contributed by atoms with Gasteiger partial charge in [0.2, 0.25) is 5.91 Å². The minimum absolute atomic E-state index is 0.0115. The summed E-state index contributed by atoms with van der Waals surface area (Å²) in [5.41, 5.74) is -2.94. The number of rotatable bonds is 2. The van der Waals surface area contributed by atoms with Crippen LogP contribution in [0.5, 0.6) is 0 Å². The average Bonchev–Trinajstić information content (AvgIpc) is 2.82. The van der Waals surface area contributed by atoms with Gasteiger partial charge in [-0.1, -0.05) is 46.3 Å². The highest BCUT2D eigenvalue weighted by molar-refractivity contribution is 6.09. The summed E-state index contributed by atoms with van der Waals surface area (Å²) >= 11 is 0. The number of hydrogen-bond acceptors (Lipinski definition) is 5. The summed E-state index contributed by atoms with van der Waals surface area (Å²) in [6.45, 7) is 13.9. The second kappa shape index (κ2) is 8.15. The van der Waals surface area contributed by atoms with Gasteiger partial charge < -0.3 is 10.4 Å². The fourth-order valence-electron chi connectivity index (χ4n) is 10.2. The third kappa shape index (κ3) is 3.39. The Kier molecular flexibility index (Phi) is 5.81. The molecule has 0 aliphatic heterocycles. The maximum Gasteiger partial charge on any atom is 0.309 e. The van der Waals surface area contributed by atoms with Gasteiger partial charge in [-0.25, -0.2) is 0 Å². The maximum atomic E-state index is 14.3. The van der Waals surface area contributed by atoms with Crippen molar-refractivity contribution in [3.63, 3.8) is 0 Å². The van der Waals surface area contributed by atoms with Gasteiger partial charge in [0.15, 0.2) is 11.6 Å². The molecule has 1 amide bonds. The first kappa shape index (κ1) is 27.8. The van der Waals surface area contributed by atoms with E-state index in [1.54, 1.807) is 19.1 Å². The predicted octanol–water partition coefficient (Wildman–Crippen LogP) is 5.16. The van der Waals surface area contributed by atoms with E-state index in [4.69, 9.17) is 0 Å². The third-order valence-electron chi connectivity index (χ3n) is 12.4. The molecule has 0 aromatic rings. The van der Waals surface area contributed by atoms with Crippen LogP contribution in [0.25, 0.3) is 0 Å². The first-order valence-electron chi connectivity index (χ1n) is 14.4. The van der Waals surface area contributed by atoms with Gasteiger partial charge in [-0.15, -0.1) is 0 Å². The Balaban J connectivity index is 1.71. The van der Waals surface area contributed by atoms with Crippen molar-refractivity contribution in [2.75, 3.05) is 0 Å². The largest absolute Gasteiger partial charge is 0.481 e. The van der Waals surface area contributed by atoms with Crippen molar-refractivity contribution in [3.8, 4) is 6.07 Å². The summed E-state index contributed by atoms with van der Waals surface area (Å²) < 4.78 is 0. The minimum Gasteiger partial charge on any atom is -0.481 e. The Morgan fingerprint density at radius 1 is 1.03 bits per heavy atom. The van der Waals surface area contributed by atoms with Gasteiger partial charge in [0.05, 0.1) is 11.0 Å². The molecule has 0 unspecified atom stereocenters. The zero-order valence-electron chi connectivity index (χ0n) is 24.4. The molecule has 7 nitrogen and oxygen atoms in total. The van der Waals surface area contributed by atoms with Gasteiger partial charge in [-0.05, 0) is 80.1 Å². The zero-order valence-corrected chi connectivity index (χ0v) is 24.4. The Hall–Kier alpha value is -2.75. The molecule has 0 spiro atoms. The summed E-state index contributed by atoms with van der Waals surface area (Å²) in [5, 5.41) is 23.4. The molecule has 7 heteroatoms. The van der Waals surface area contributed by atoms with Crippen molar-refractivity contribution in [2.45, 2.75) is 99.0 Å². The monoisotopic (exact) mass is 534 g/mol. The van der Waals surface area contributed by atoms with Crippen LogP contribution in [0, 0.1) is 56.2 Å². The van der Waals surface area contributed by atoms with E-state index < -0.39 is 39.1 Å². The highest BCUT2D eigenvalue weighted by atomic mass is 16.4. The number of carboxylic acid groups (broad SMARTS) is 1. The summed E-state index contributed by atoms with van der Waals surface area (Å²) in [5.74, 6) is -2.47. The fourth-order valence-corrected chi connectivity index (χ4v) is 10.2. The summed E-state index contributed by atoms with van der Waals surface area (Å²) in [6, 6.07) is 2.07. The lowest BCUT2D eigenvalue weighted by molar-refractivity contribution is -0.188. The van der Waals surface area contributed by atoms with Gasteiger partial charge in [0.1, 0.15) is 11.6 Å². The lowest BCUT2D eigenvalue weighted by Gasteiger charge is -2.68. The van der Waals surface area contributed by atoms with Gasteiger partial charge in [0.25, 0.3) is 0 Å². The number of Topliss-reactive ketones (excluding diaryl/α,β-unsaturated/α-hetero) is 1. The Morgan fingerprint density at radius 2 is 1.67 bits per heavy atom. The van der Waals surface area contributed by atoms with Gasteiger partial charge in [0, 0.05) is 24.2 Å². The normalized spacial score (nSPS) is 46.3. The number of carbonyl (C=O) groups excluding carboxylic acids is 3. The Bertz CT molecular complexity index is 1300. The molecule has 0 radical (unpaired) electrons. The van der Waals surface area contributed by atoms with Crippen molar-refractivity contribution in [3.05, 3.63) is 23.3 Å². The van der Waals surface area contributed by atoms with E-state index in [0.717, 1.165) is 12.0 Å². The highest BCUT2D eigenvalue weighted by Crippen LogP contribution is 2.74. The molecule has 0 saturated heterocycles. The standard InChI is InChI=1S/C32H42N2O5/c1-18(35)34-31(7)22-8-9-29(5)23(28(22,4)15-19(17-33)25(31)37)14-21(36)24-20-16-27(2,3)10-12-32(20,26(38)39)13-11-30(24,29)6/h14-15,20,22,24H,8-13,16H2,1-7H3,(H,34,35)(H,38,39)/t20-,22+,24-,28-,29+,30+,31-,32-/m0/s1. The molecule has 3 fully saturated rings. The predicted molar refractivity (Wildman–Crippen MR) is 145 cm³/mol. The van der Waals surface area contributed by atoms with Gasteiger partial charge >= 0.3 is 5.97 Å². The second-order valence-corrected chi connectivity index (χ2v) is 14.9. The van der Waals surface area contributed by atoms with Crippen LogP contribution in [0.4, 0.5) is 0 Å². The van der Waals surface area contributed by atoms with Crippen LogP contribution < -0.4 is 5.32 Å². The van der Waals surface area contributed by atoms with Gasteiger partial charge in [-0.2, -0.15) is 5.26 Å². The number of carboxylic acids is 1. The number of nitrogens with one attached hydrogen (secondary N) is 1. The van der Waals surface area contributed by atoms with E-state index in [-0.39, 0.29) is 40.3 Å². The number of nitriles is 1. The van der Waals surface area contributed by atoms with Crippen LogP contribution in [-0.4, -0.2) is 34.1 Å². The van der Waals surface area contributed by atoms with E-state index in [9.17, 15) is 29.5 Å². The molecule has 0 heterocycles. The first-order chi connectivity index (χ1) is 17.9. The number of aliphatic carboxylic acids is 1. The molecular formula is C32H42N2O5. The van der Waals surface area contributed by atoms with Crippen LogP contribution in [0.2, 0.25) is 0 Å². The van der Waals surface area contributed by atoms with Crippen molar-refractivity contribution < 1.29 is 24.3 Å². The van der Waals surface area contributed by atoms with E-state index >= 15 is 0 Å². The molecule has 0 bridgehead atoms. The van der Waals surface area contributed by atoms with Crippen molar-refractivity contribution in [1.82, 2.24) is 5.32 Å². The van der Waals surface area contributed by atoms with E-state index in [1.807, 2.05) is 6.92 Å². The van der Waals surface area contributed by atoms with Crippen molar-refractivity contribution in [2.24, 2.45) is 44.8 Å². The lowest BCUT2D eigenvalue weighted by atomic mass is 9.34. The summed E-state index contributed by atoms with van der Waals surface area (Å²) in [6.07, 6.45) is 8.18. The molecule has 2 N–H and O–H groups in total. The number of fused-ring (bicyclic) bond motifs is 7. The quantitative estimate of drug-likeness (QED) is 0.504. The maximum absolute atomic E-state index is 14.3. The number of nitrogens with zero attached hydrogens (tertiary/aromatic N) is 1. The van der Waals surface area contributed by atoms with E-state index in [2.05, 4.69) is 39.1 Å². The van der Waals surface area contributed by atoms with Crippen LogP contribution in [-0.2, 0) is 19.2 Å². The second-order valence-electron chi connectivity index (χ2n) is 14.9. The average molecular weight is 535 g/mol. The van der Waals surface area contributed by atoms with Crippen LogP contribution in [0.15, 0.2) is 23.3 Å². The molecule has 0 aromatic carbocycles. The summed E-state index contributed by atoms with van der Waals surface area (Å²) in [7, 11) is 0. The fraction of sp³-hybridized carbons (Fsp3) is 0.719. The Morgan fingerprint density at radius 3 is 2.26 bits per heavy atom. The molecule has 3 saturated carbocycles. The Labute approximate surface area is 231 Å². The van der Waals surface area contributed by atoms with Crippen LogP contribution >= 0.6 is 0 Å². The summed E-state index contributed by atoms with van der Waals surface area (Å²) in [4.78, 5) is 52.9. The van der Waals surface area contributed by atoms with Crippen LogP contribution in [0.3, 0.4) is 0 Å². The van der Waals surface area contributed by atoms with Gasteiger partial charge in [-0.3, -0.25) is 19.2 Å². The molecule has 0 aromatic heterocycles. The molecule has 5 rings (SSSR count). The molecular weight excluding hydrogens is 492 g/mol. The van der Waals surface area contributed by atoms with Crippen LogP contribution in [0.1, 0.15) is 93.4 Å². The molecule has 210 valence electrons. The number of carbonyl (C=O) groups is 4. The number of hydrogen-bond donors (Lipinski definition) is 2. The lowest BCUT2D eigenvalue weighted by Crippen LogP contribution is -2.69. The molecule has 5 aliphatic rings. The number of allylic oxidation sites excluding steroid dienone is 3. The molecule has 8 atom stereocenters. The SMILES string of the molecule is CC(=O)N[C@]1(C)C(=O)C(C#N)=C[C@]2(C)C3=CC(=O)[C@@H]4[C@@H]5CC(C)(C)CC[C@]5(C(=O)O)CC[C@@]4(C)[C@]3(C)CC[C@H]21. The van der Waals surface area contributed by atoms with Crippen molar-refractivity contribution in [1.29, 1.82) is 5.26 Å². The minimum atomic E-state index is -1.26. The van der Waals surface area contributed by atoms with E-state index in [1.165, 1.54) is 6.92 Å². The third-order valence-corrected chi connectivity index (χ3v) is 12.4. The first-order valence-corrected chi connectivity index (χ1v) is 14.4. The number of ketones is 2. The number of amides is 1. The molecule has 39 heavy (non-hydrogen) atoms. The molecule has 5 aliphatic carbocycles. The smallest absolute Gasteiger partial charge is 0.309 e. The topological polar surface area (TPSA) is 124 Å². The highest BCUT2D eigenvalue weighted by Gasteiger charge is 2.71. The van der Waals surface area contributed by atoms with E-state index in [0.29, 0.717) is 38.5 Å².